The molecule has 2 saturated heterocycles. The van der Waals surface area contributed by atoms with E-state index < -0.39 is 0 Å². The molecular formula is C25H33NO3. The van der Waals surface area contributed by atoms with Gasteiger partial charge in [-0.2, -0.15) is 0 Å². The topological polar surface area (TPSA) is 30.9 Å². The molecular weight excluding hydrogens is 362 g/mol. The molecule has 0 amide bonds. The Morgan fingerprint density at radius 2 is 2.00 bits per heavy atom. The van der Waals surface area contributed by atoms with E-state index in [9.17, 15) is 0 Å². The van der Waals surface area contributed by atoms with Gasteiger partial charge in [0.15, 0.2) is 11.5 Å². The first-order valence-corrected chi connectivity index (χ1v) is 11.6. The molecule has 29 heavy (non-hydrogen) atoms. The summed E-state index contributed by atoms with van der Waals surface area (Å²) in [6, 6.07) is 5.07. The summed E-state index contributed by atoms with van der Waals surface area (Å²) in [5.74, 6) is 3.10. The Morgan fingerprint density at radius 1 is 1.17 bits per heavy atom. The summed E-state index contributed by atoms with van der Waals surface area (Å²) in [4.78, 5) is 2.68. The number of likely N-dealkylation sites (N-methyl/N-ethyl adjacent to an activating group) is 1. The summed E-state index contributed by atoms with van der Waals surface area (Å²) >= 11 is 0. The molecule has 0 aromatic heterocycles. The summed E-state index contributed by atoms with van der Waals surface area (Å²) in [5, 5.41) is 0. The first-order valence-electron chi connectivity index (χ1n) is 11.6. The van der Waals surface area contributed by atoms with Gasteiger partial charge in [-0.05, 0) is 83.0 Å². The number of hydrogen-bond acceptors (Lipinski definition) is 4. The van der Waals surface area contributed by atoms with Crippen molar-refractivity contribution in [3.05, 3.63) is 23.3 Å². The van der Waals surface area contributed by atoms with E-state index in [1.54, 1.807) is 7.11 Å². The summed E-state index contributed by atoms with van der Waals surface area (Å²) in [6.07, 6.45) is 6.19. The molecule has 7 atom stereocenters. The SMILES string of the molecule is COc1ccc2c3c1O[C@H]1[C@@]45CC[C@@]6(C[C@@H]4[C@@H](C)C(C)(C)O5)[C@@H](C2)N(C)CC[C@]316. The largest absolute Gasteiger partial charge is 0.493 e. The maximum Gasteiger partial charge on any atom is 0.165 e. The zero-order valence-electron chi connectivity index (χ0n) is 18.4. The van der Waals surface area contributed by atoms with E-state index in [1.807, 2.05) is 0 Å². The van der Waals surface area contributed by atoms with Gasteiger partial charge in [0, 0.05) is 22.4 Å². The number of likely N-dealkylation sites (tertiary alicyclic amines) is 1. The molecule has 5 fully saturated rings. The molecule has 4 bridgehead atoms. The highest BCUT2D eigenvalue weighted by Gasteiger charge is 2.83. The van der Waals surface area contributed by atoms with Crippen LogP contribution in [0.1, 0.15) is 57.6 Å². The number of benzene rings is 1. The monoisotopic (exact) mass is 395 g/mol. The van der Waals surface area contributed by atoms with E-state index in [2.05, 4.69) is 44.9 Å². The number of hydrogen-bond donors (Lipinski definition) is 0. The lowest BCUT2D eigenvalue weighted by Crippen LogP contribution is -2.80. The van der Waals surface area contributed by atoms with Gasteiger partial charge in [-0.15, -0.1) is 0 Å². The Morgan fingerprint density at radius 3 is 2.79 bits per heavy atom. The highest BCUT2D eigenvalue weighted by atomic mass is 16.6. The lowest BCUT2D eigenvalue weighted by atomic mass is 9.34. The highest BCUT2D eigenvalue weighted by Crippen LogP contribution is 2.79. The summed E-state index contributed by atoms with van der Waals surface area (Å²) in [7, 11) is 4.14. The van der Waals surface area contributed by atoms with Crippen molar-refractivity contribution in [3.8, 4) is 11.5 Å². The Hall–Kier alpha value is -1.26. The standard InChI is InChI=1S/C25H33NO3/c1-14-16-13-23-8-9-25(16,29-22(14,2)3)21-24(23)10-11-26(4)18(23)12-15-6-7-17(27-5)20(28-21)19(15)24/h6-7,14,16,18,21H,8-13H2,1-5H3/t14-,16-,18-,21-,23-,24+,25-/m1/s1. The summed E-state index contributed by atoms with van der Waals surface area (Å²) in [6.45, 7) is 8.20. The van der Waals surface area contributed by atoms with E-state index in [-0.39, 0.29) is 22.7 Å². The number of nitrogens with zero attached hydrogens (tertiary/aromatic N) is 1. The molecule has 0 unspecified atom stereocenters. The molecule has 0 N–H and O–H groups in total. The molecule has 1 aromatic carbocycles. The van der Waals surface area contributed by atoms with E-state index in [0.29, 0.717) is 23.3 Å². The third-order valence-corrected chi connectivity index (χ3v) is 10.7. The van der Waals surface area contributed by atoms with Gasteiger partial charge >= 0.3 is 0 Å². The van der Waals surface area contributed by atoms with Crippen LogP contribution >= 0.6 is 0 Å². The molecule has 3 aliphatic heterocycles. The molecule has 4 heteroatoms. The second-order valence-electron chi connectivity index (χ2n) is 11.5. The van der Waals surface area contributed by atoms with Gasteiger partial charge in [0.05, 0.1) is 12.7 Å². The predicted octanol–water partition coefficient (Wildman–Crippen LogP) is 3.94. The van der Waals surface area contributed by atoms with E-state index in [0.717, 1.165) is 30.9 Å². The highest BCUT2D eigenvalue weighted by molar-refractivity contribution is 5.63. The number of fused-ring (bicyclic) bond motifs is 1. The van der Waals surface area contributed by atoms with Crippen LogP contribution in [0.4, 0.5) is 0 Å². The molecule has 8 rings (SSSR count). The van der Waals surface area contributed by atoms with Gasteiger partial charge < -0.3 is 19.1 Å². The second-order valence-corrected chi connectivity index (χ2v) is 11.5. The molecule has 3 spiro atoms. The van der Waals surface area contributed by atoms with Gasteiger partial charge in [-0.25, -0.2) is 0 Å². The number of methoxy groups -OCH3 is 1. The molecule has 4 nitrogen and oxygen atoms in total. The fraction of sp³-hybridized carbons (Fsp3) is 0.760. The van der Waals surface area contributed by atoms with Crippen LogP contribution in [0.2, 0.25) is 0 Å². The number of rotatable bonds is 1. The Bertz CT molecular complexity index is 942. The van der Waals surface area contributed by atoms with Crippen LogP contribution in [0.5, 0.6) is 11.5 Å². The van der Waals surface area contributed by atoms with Crippen molar-refractivity contribution in [3.63, 3.8) is 0 Å². The molecule has 156 valence electrons. The van der Waals surface area contributed by atoms with Crippen LogP contribution in [0.15, 0.2) is 12.1 Å². The first kappa shape index (κ1) is 17.4. The second kappa shape index (κ2) is 4.80. The van der Waals surface area contributed by atoms with Gasteiger partial charge in [0.2, 0.25) is 0 Å². The maximum atomic E-state index is 7.10. The lowest BCUT2D eigenvalue weighted by Gasteiger charge is -2.73. The Kier molecular flexibility index (Phi) is 2.89. The zero-order valence-corrected chi connectivity index (χ0v) is 18.4. The van der Waals surface area contributed by atoms with Crippen molar-refractivity contribution in [1.82, 2.24) is 4.90 Å². The minimum absolute atomic E-state index is 0.0919. The normalized spacial score (nSPS) is 50.1. The molecule has 4 aliphatic carbocycles. The molecule has 0 radical (unpaired) electrons. The molecule has 3 saturated carbocycles. The van der Waals surface area contributed by atoms with Crippen molar-refractivity contribution >= 4 is 0 Å². The summed E-state index contributed by atoms with van der Waals surface area (Å²) < 4.78 is 20.0. The van der Waals surface area contributed by atoms with Gasteiger partial charge in [0.1, 0.15) is 11.7 Å². The lowest BCUT2D eigenvalue weighted by molar-refractivity contribution is -0.270. The molecule has 1 aromatic rings. The van der Waals surface area contributed by atoms with Crippen molar-refractivity contribution in [1.29, 1.82) is 0 Å². The van der Waals surface area contributed by atoms with Crippen molar-refractivity contribution in [2.75, 3.05) is 20.7 Å². The third-order valence-electron chi connectivity index (χ3n) is 10.7. The van der Waals surface area contributed by atoms with Crippen LogP contribution in [0, 0.1) is 17.3 Å². The zero-order chi connectivity index (χ0) is 20.0. The summed E-state index contributed by atoms with van der Waals surface area (Å²) in [5.41, 5.74) is 3.16. The molecule has 3 heterocycles. The number of ether oxygens (including phenoxy) is 3. The third kappa shape index (κ3) is 1.55. The predicted molar refractivity (Wildman–Crippen MR) is 111 cm³/mol. The Balaban J connectivity index is 1.55. The van der Waals surface area contributed by atoms with Gasteiger partial charge in [0.25, 0.3) is 0 Å². The van der Waals surface area contributed by atoms with Crippen molar-refractivity contribution in [2.24, 2.45) is 17.3 Å². The van der Waals surface area contributed by atoms with E-state index in [1.165, 1.54) is 30.4 Å². The Labute approximate surface area is 173 Å². The quantitative estimate of drug-likeness (QED) is 0.721. The maximum absolute atomic E-state index is 7.10. The average molecular weight is 396 g/mol. The van der Waals surface area contributed by atoms with Crippen LogP contribution in [0.25, 0.3) is 0 Å². The van der Waals surface area contributed by atoms with Crippen molar-refractivity contribution in [2.45, 2.75) is 81.6 Å². The first-order chi connectivity index (χ1) is 13.8. The van der Waals surface area contributed by atoms with Gasteiger partial charge in [-0.3, -0.25) is 0 Å². The van der Waals surface area contributed by atoms with E-state index in [4.69, 9.17) is 14.2 Å². The molecule has 7 aliphatic rings. The number of piperidine rings is 1. The fourth-order valence-corrected chi connectivity index (χ4v) is 9.36. The minimum Gasteiger partial charge on any atom is -0.493 e. The fourth-order valence-electron chi connectivity index (χ4n) is 9.36. The van der Waals surface area contributed by atoms with Crippen LogP contribution in [-0.4, -0.2) is 49.0 Å². The van der Waals surface area contributed by atoms with Crippen LogP contribution in [0.3, 0.4) is 0 Å². The smallest absolute Gasteiger partial charge is 0.165 e. The minimum atomic E-state index is -0.149. The average Bonchev–Trinajstić information content (AvgIpc) is 3.16. The van der Waals surface area contributed by atoms with E-state index >= 15 is 0 Å². The van der Waals surface area contributed by atoms with Crippen LogP contribution in [-0.2, 0) is 16.6 Å². The van der Waals surface area contributed by atoms with Crippen LogP contribution < -0.4 is 9.47 Å². The van der Waals surface area contributed by atoms with Crippen molar-refractivity contribution < 1.29 is 14.2 Å². The van der Waals surface area contributed by atoms with Gasteiger partial charge in [-0.1, -0.05) is 13.0 Å².